The van der Waals surface area contributed by atoms with Crippen LogP contribution < -0.4 is 4.90 Å². The van der Waals surface area contributed by atoms with Crippen LogP contribution in [0.3, 0.4) is 0 Å². The Morgan fingerprint density at radius 3 is 2.68 bits per heavy atom. The number of hydrogen-bond donors (Lipinski definition) is 1. The van der Waals surface area contributed by atoms with Gasteiger partial charge in [-0.3, -0.25) is 10.00 Å². The summed E-state index contributed by atoms with van der Waals surface area (Å²) in [5.74, 6) is 0. The fraction of sp³-hybridized carbons (Fsp3) is 0.500. The lowest BCUT2D eigenvalue weighted by molar-refractivity contribution is 0.180. The summed E-state index contributed by atoms with van der Waals surface area (Å²) in [5.41, 5.74) is 3.52. The number of nitrogens with zero attached hydrogens (tertiary/aromatic N) is 4. The quantitative estimate of drug-likeness (QED) is 0.880. The van der Waals surface area contributed by atoms with Crippen LogP contribution in [-0.4, -0.2) is 46.3 Å². The largest absolute Gasteiger partial charge is 0.366 e. The summed E-state index contributed by atoms with van der Waals surface area (Å²) in [5, 5.41) is 7.81. The van der Waals surface area contributed by atoms with Crippen molar-refractivity contribution in [2.24, 2.45) is 0 Å². The minimum Gasteiger partial charge on any atom is -0.366 e. The van der Waals surface area contributed by atoms with Crippen molar-refractivity contribution in [2.75, 3.05) is 31.1 Å². The van der Waals surface area contributed by atoms with Gasteiger partial charge < -0.3 is 4.90 Å². The molecular weight excluding hydrogens is 298 g/mol. The fourth-order valence-electron chi connectivity index (χ4n) is 3.26. The zero-order valence-electron chi connectivity index (χ0n) is 13.1. The van der Waals surface area contributed by atoms with E-state index < -0.39 is 0 Å². The Labute approximate surface area is 136 Å². The average molecular weight is 320 g/mol. The van der Waals surface area contributed by atoms with Crippen LogP contribution in [0.5, 0.6) is 0 Å². The summed E-state index contributed by atoms with van der Waals surface area (Å²) in [6.45, 7) is 8.32. The first-order valence-corrected chi connectivity index (χ1v) is 8.18. The van der Waals surface area contributed by atoms with Gasteiger partial charge >= 0.3 is 0 Å². The number of nitrogens with one attached hydrogen (secondary N) is 1. The molecule has 0 aliphatic carbocycles. The molecule has 2 aromatic heterocycles. The van der Waals surface area contributed by atoms with E-state index in [-0.39, 0.29) is 0 Å². The normalized spacial score (nSPS) is 17.7. The highest BCUT2D eigenvalue weighted by molar-refractivity contribution is 6.32. The molecule has 118 valence electrons. The molecule has 0 radical (unpaired) electrons. The highest BCUT2D eigenvalue weighted by Crippen LogP contribution is 2.29. The Morgan fingerprint density at radius 1 is 1.32 bits per heavy atom. The van der Waals surface area contributed by atoms with Crippen molar-refractivity contribution in [3.8, 4) is 0 Å². The molecule has 5 nitrogen and oxygen atoms in total. The van der Waals surface area contributed by atoms with Crippen LogP contribution >= 0.6 is 11.6 Å². The number of hydrogen-bond acceptors (Lipinski definition) is 4. The third-order valence-electron chi connectivity index (χ3n) is 4.45. The fourth-order valence-corrected chi connectivity index (χ4v) is 3.50. The van der Waals surface area contributed by atoms with Crippen LogP contribution in [0.2, 0.25) is 5.15 Å². The third-order valence-corrected chi connectivity index (χ3v) is 4.74. The van der Waals surface area contributed by atoms with E-state index in [1.54, 1.807) is 6.20 Å². The van der Waals surface area contributed by atoms with Crippen LogP contribution in [0, 0.1) is 6.92 Å². The first kappa shape index (κ1) is 15.3. The molecule has 1 N–H and O–H groups in total. The Bertz CT molecular complexity index is 619. The number of rotatable bonds is 4. The van der Waals surface area contributed by atoms with E-state index in [9.17, 15) is 0 Å². The van der Waals surface area contributed by atoms with Crippen molar-refractivity contribution >= 4 is 17.3 Å². The second-order valence-electron chi connectivity index (χ2n) is 5.71. The van der Waals surface area contributed by atoms with Crippen LogP contribution in [0.15, 0.2) is 24.5 Å². The van der Waals surface area contributed by atoms with E-state index in [2.05, 4.69) is 38.8 Å². The summed E-state index contributed by atoms with van der Waals surface area (Å²) < 4.78 is 0. The maximum atomic E-state index is 6.21. The molecule has 0 aromatic carbocycles. The topological polar surface area (TPSA) is 48.1 Å². The molecule has 22 heavy (non-hydrogen) atoms. The van der Waals surface area contributed by atoms with Crippen molar-refractivity contribution in [2.45, 2.75) is 26.3 Å². The zero-order chi connectivity index (χ0) is 15.5. The zero-order valence-corrected chi connectivity index (χ0v) is 13.8. The molecule has 6 heteroatoms. The van der Waals surface area contributed by atoms with Crippen molar-refractivity contribution in [1.29, 1.82) is 0 Å². The lowest BCUT2D eigenvalue weighted by Crippen LogP contribution is -2.47. The monoisotopic (exact) mass is 319 g/mol. The van der Waals surface area contributed by atoms with Gasteiger partial charge in [0.15, 0.2) is 5.15 Å². The number of aryl methyl sites for hydroxylation is 1. The molecule has 1 aliphatic heterocycles. The van der Waals surface area contributed by atoms with Gasteiger partial charge in [0.2, 0.25) is 0 Å². The highest BCUT2D eigenvalue weighted by Gasteiger charge is 2.26. The maximum Gasteiger partial charge on any atom is 0.152 e. The Kier molecular flexibility index (Phi) is 4.64. The molecule has 3 heterocycles. The van der Waals surface area contributed by atoms with Gasteiger partial charge in [-0.25, -0.2) is 4.98 Å². The van der Waals surface area contributed by atoms with Crippen LogP contribution in [0.25, 0.3) is 0 Å². The van der Waals surface area contributed by atoms with E-state index in [0.29, 0.717) is 11.2 Å². The number of aromatic nitrogens is 3. The molecule has 1 aliphatic rings. The second-order valence-corrected chi connectivity index (χ2v) is 6.07. The molecule has 0 bridgehead atoms. The molecule has 0 amide bonds. The molecular formula is C16H22ClN5. The number of halogens is 1. The number of pyridine rings is 1. The Morgan fingerprint density at radius 2 is 2.09 bits per heavy atom. The molecule has 1 atom stereocenters. The van der Waals surface area contributed by atoms with E-state index in [0.717, 1.165) is 38.3 Å². The minimum atomic E-state index is 0.435. The average Bonchev–Trinajstić information content (AvgIpc) is 2.96. The van der Waals surface area contributed by atoms with Gasteiger partial charge in [-0.15, -0.1) is 0 Å². The van der Waals surface area contributed by atoms with Crippen molar-refractivity contribution in [1.82, 2.24) is 20.1 Å². The summed E-state index contributed by atoms with van der Waals surface area (Å²) in [7, 11) is 0. The van der Waals surface area contributed by atoms with Gasteiger partial charge in [-0.2, -0.15) is 5.10 Å². The van der Waals surface area contributed by atoms with E-state index >= 15 is 0 Å². The number of H-pyrrole nitrogens is 1. The minimum absolute atomic E-state index is 0.435. The predicted molar refractivity (Wildman–Crippen MR) is 89.4 cm³/mol. The molecule has 2 aromatic rings. The van der Waals surface area contributed by atoms with Gasteiger partial charge in [0.1, 0.15) is 0 Å². The van der Waals surface area contributed by atoms with Gasteiger partial charge in [0.25, 0.3) is 0 Å². The van der Waals surface area contributed by atoms with Crippen LogP contribution in [0.4, 0.5) is 5.69 Å². The Hall–Kier alpha value is -1.59. The first-order chi connectivity index (χ1) is 10.7. The molecule has 0 saturated carbocycles. The van der Waals surface area contributed by atoms with Crippen molar-refractivity contribution in [3.63, 3.8) is 0 Å². The van der Waals surface area contributed by atoms with Gasteiger partial charge in [-0.1, -0.05) is 18.5 Å². The maximum absolute atomic E-state index is 6.21. The second kappa shape index (κ2) is 6.67. The number of piperazine rings is 1. The first-order valence-electron chi connectivity index (χ1n) is 7.80. The van der Waals surface area contributed by atoms with Crippen molar-refractivity contribution in [3.05, 3.63) is 40.9 Å². The standard InChI is InChI=1S/C16H22ClN5/c1-3-14(13-11-19-20-12(13)2)21-7-9-22(10-8-21)15-5-4-6-18-16(15)17/h4-6,11,14H,3,7-10H2,1-2H3,(H,19,20). The molecule has 1 fully saturated rings. The summed E-state index contributed by atoms with van der Waals surface area (Å²) in [6, 6.07) is 4.42. The summed E-state index contributed by atoms with van der Waals surface area (Å²) in [4.78, 5) is 9.04. The summed E-state index contributed by atoms with van der Waals surface area (Å²) in [6.07, 6.45) is 4.79. The molecule has 3 rings (SSSR count). The predicted octanol–water partition coefficient (Wildman–Crippen LogP) is 3.04. The van der Waals surface area contributed by atoms with Gasteiger partial charge in [-0.05, 0) is 25.5 Å². The smallest absolute Gasteiger partial charge is 0.152 e. The summed E-state index contributed by atoms with van der Waals surface area (Å²) >= 11 is 6.21. The third kappa shape index (κ3) is 2.96. The van der Waals surface area contributed by atoms with E-state index in [4.69, 9.17) is 11.6 Å². The SMILES string of the molecule is CCC(c1cn[nH]c1C)N1CCN(c2cccnc2Cl)CC1. The van der Waals surface area contributed by atoms with Crippen molar-refractivity contribution < 1.29 is 0 Å². The lowest BCUT2D eigenvalue weighted by atomic mass is 10.0. The van der Waals surface area contributed by atoms with Crippen LogP contribution in [-0.2, 0) is 0 Å². The number of aromatic amines is 1. The van der Waals surface area contributed by atoms with Gasteiger partial charge in [0.05, 0.1) is 11.9 Å². The molecule has 1 saturated heterocycles. The lowest BCUT2D eigenvalue weighted by Gasteiger charge is -2.40. The number of anilines is 1. The molecule has 0 spiro atoms. The van der Waals surface area contributed by atoms with E-state index in [1.807, 2.05) is 18.3 Å². The van der Waals surface area contributed by atoms with Crippen LogP contribution in [0.1, 0.15) is 30.6 Å². The highest BCUT2D eigenvalue weighted by atomic mass is 35.5. The molecule has 1 unspecified atom stereocenters. The Balaban J connectivity index is 1.69. The van der Waals surface area contributed by atoms with Gasteiger partial charge in [0, 0.05) is 49.7 Å². The van der Waals surface area contributed by atoms with E-state index in [1.165, 1.54) is 11.3 Å².